The van der Waals surface area contributed by atoms with Gasteiger partial charge in [-0.3, -0.25) is 0 Å². The summed E-state index contributed by atoms with van der Waals surface area (Å²) in [6.45, 7) is 2.72. The number of benzene rings is 1. The van der Waals surface area contributed by atoms with Gasteiger partial charge in [0.2, 0.25) is 0 Å². The minimum absolute atomic E-state index is 0.199. The molecule has 3 N–H and O–H groups in total. The molecule has 0 aliphatic carbocycles. The summed E-state index contributed by atoms with van der Waals surface area (Å²) in [4.78, 5) is 6.53. The van der Waals surface area contributed by atoms with Crippen LogP contribution in [0.3, 0.4) is 0 Å². The molecular formula is C15H18N4O. The topological polar surface area (TPSA) is 59.9 Å². The molecule has 1 atom stereocenters. The minimum atomic E-state index is 0.199. The van der Waals surface area contributed by atoms with Gasteiger partial charge in [-0.25, -0.2) is 4.99 Å². The second-order valence-corrected chi connectivity index (χ2v) is 5.16. The third kappa shape index (κ3) is 2.34. The van der Waals surface area contributed by atoms with E-state index >= 15 is 0 Å². The fourth-order valence-corrected chi connectivity index (χ4v) is 2.39. The van der Waals surface area contributed by atoms with Crippen LogP contribution >= 0.6 is 0 Å². The zero-order valence-corrected chi connectivity index (χ0v) is 11.6. The van der Waals surface area contributed by atoms with Crippen molar-refractivity contribution in [2.75, 3.05) is 18.9 Å². The zero-order chi connectivity index (χ0) is 14.1. The standard InChI is InChI=1S/C15H18N4O/c1-10-7-11(3-4-14(10)20)18-15-12-8-19(2)6-5-13(12)16-9-17-15/h3-7,9,13,18,20H,8H2,1-2H3,(H,16,17). The third-order valence-corrected chi connectivity index (χ3v) is 3.54. The average Bonchev–Trinajstić information content (AvgIpc) is 2.44. The number of aromatic hydroxyl groups is 1. The van der Waals surface area contributed by atoms with E-state index in [1.165, 1.54) is 5.57 Å². The summed E-state index contributed by atoms with van der Waals surface area (Å²) in [5.74, 6) is 1.18. The molecule has 0 amide bonds. The summed E-state index contributed by atoms with van der Waals surface area (Å²) < 4.78 is 0. The molecule has 5 nitrogen and oxygen atoms in total. The Hall–Kier alpha value is -2.43. The van der Waals surface area contributed by atoms with Crippen molar-refractivity contribution in [3.63, 3.8) is 0 Å². The van der Waals surface area contributed by atoms with Crippen molar-refractivity contribution in [1.29, 1.82) is 0 Å². The van der Waals surface area contributed by atoms with E-state index in [9.17, 15) is 5.11 Å². The number of rotatable bonds is 2. The summed E-state index contributed by atoms with van der Waals surface area (Å²) in [6, 6.07) is 5.66. The Bertz CT molecular complexity index is 618. The summed E-state index contributed by atoms with van der Waals surface area (Å²) in [6.07, 6.45) is 5.91. The molecule has 2 heterocycles. The highest BCUT2D eigenvalue weighted by Gasteiger charge is 2.22. The molecule has 1 unspecified atom stereocenters. The number of nitrogens with zero attached hydrogens (tertiary/aromatic N) is 2. The second-order valence-electron chi connectivity index (χ2n) is 5.16. The van der Waals surface area contributed by atoms with Crippen LogP contribution in [0.25, 0.3) is 0 Å². The SMILES string of the molecule is Cc1cc(NC2=C3CN(C)C=CC3NC=N2)ccc1O. The summed E-state index contributed by atoms with van der Waals surface area (Å²) in [5, 5.41) is 16.2. The first kappa shape index (κ1) is 12.6. The third-order valence-electron chi connectivity index (χ3n) is 3.54. The fourth-order valence-electron chi connectivity index (χ4n) is 2.39. The number of likely N-dealkylation sites (N-methyl/N-ethyl adjacent to an activating group) is 1. The van der Waals surface area contributed by atoms with E-state index in [-0.39, 0.29) is 6.04 Å². The van der Waals surface area contributed by atoms with Crippen molar-refractivity contribution in [1.82, 2.24) is 10.2 Å². The molecule has 0 bridgehead atoms. The van der Waals surface area contributed by atoms with Crippen molar-refractivity contribution in [3.8, 4) is 5.75 Å². The largest absolute Gasteiger partial charge is 0.508 e. The first-order valence-electron chi connectivity index (χ1n) is 6.60. The van der Waals surface area contributed by atoms with Crippen LogP contribution in [0, 0.1) is 6.92 Å². The summed E-state index contributed by atoms with van der Waals surface area (Å²) >= 11 is 0. The van der Waals surface area contributed by atoms with Gasteiger partial charge in [-0.05, 0) is 43.0 Å². The lowest BCUT2D eigenvalue weighted by Gasteiger charge is -2.31. The number of hydrogen-bond donors (Lipinski definition) is 3. The van der Waals surface area contributed by atoms with Crippen molar-refractivity contribution in [2.24, 2.45) is 4.99 Å². The Kier molecular flexibility index (Phi) is 3.10. The molecule has 0 fully saturated rings. The molecular weight excluding hydrogens is 252 g/mol. The Balaban J connectivity index is 1.90. The van der Waals surface area contributed by atoms with E-state index < -0.39 is 0 Å². The van der Waals surface area contributed by atoms with Crippen molar-refractivity contribution in [3.05, 3.63) is 47.4 Å². The fraction of sp³-hybridized carbons (Fsp3) is 0.267. The molecule has 5 heteroatoms. The molecule has 0 saturated carbocycles. The quantitative estimate of drug-likeness (QED) is 0.717. The van der Waals surface area contributed by atoms with Gasteiger partial charge in [-0.15, -0.1) is 0 Å². The highest BCUT2D eigenvalue weighted by Crippen LogP contribution is 2.25. The van der Waals surface area contributed by atoms with Gasteiger partial charge in [-0.1, -0.05) is 0 Å². The highest BCUT2D eigenvalue weighted by atomic mass is 16.3. The molecule has 20 heavy (non-hydrogen) atoms. The average molecular weight is 270 g/mol. The maximum Gasteiger partial charge on any atom is 0.135 e. The van der Waals surface area contributed by atoms with Crippen LogP contribution < -0.4 is 10.6 Å². The lowest BCUT2D eigenvalue weighted by Crippen LogP contribution is -2.39. The number of hydrogen-bond acceptors (Lipinski definition) is 5. The number of anilines is 1. The predicted molar refractivity (Wildman–Crippen MR) is 80.7 cm³/mol. The molecule has 2 aliphatic heterocycles. The molecule has 0 saturated heterocycles. The van der Waals surface area contributed by atoms with Crippen LogP contribution in [0.5, 0.6) is 5.75 Å². The van der Waals surface area contributed by atoms with Crippen LogP contribution in [0.2, 0.25) is 0 Å². The van der Waals surface area contributed by atoms with Gasteiger partial charge in [-0.2, -0.15) is 0 Å². The summed E-state index contributed by atoms with van der Waals surface area (Å²) in [5.41, 5.74) is 2.98. The second kappa shape index (κ2) is 4.92. The van der Waals surface area contributed by atoms with E-state index in [0.717, 1.165) is 23.6 Å². The van der Waals surface area contributed by atoms with Gasteiger partial charge in [0, 0.05) is 24.9 Å². The summed E-state index contributed by atoms with van der Waals surface area (Å²) in [7, 11) is 2.04. The molecule has 0 radical (unpaired) electrons. The van der Waals surface area contributed by atoms with Crippen molar-refractivity contribution >= 4 is 12.0 Å². The van der Waals surface area contributed by atoms with Crippen LogP contribution in [0.4, 0.5) is 5.69 Å². The molecule has 0 spiro atoms. The van der Waals surface area contributed by atoms with Gasteiger partial charge in [0.1, 0.15) is 11.6 Å². The van der Waals surface area contributed by atoms with Gasteiger partial charge in [0.15, 0.2) is 0 Å². The number of fused-ring (bicyclic) bond motifs is 1. The first-order chi connectivity index (χ1) is 9.63. The number of aliphatic imine (C=N–C) groups is 1. The van der Waals surface area contributed by atoms with Gasteiger partial charge in [0.25, 0.3) is 0 Å². The van der Waals surface area contributed by atoms with Gasteiger partial charge < -0.3 is 20.6 Å². The van der Waals surface area contributed by atoms with Crippen LogP contribution in [-0.4, -0.2) is 36.0 Å². The molecule has 104 valence electrons. The maximum atomic E-state index is 9.58. The monoisotopic (exact) mass is 270 g/mol. The minimum Gasteiger partial charge on any atom is -0.508 e. The lowest BCUT2D eigenvalue weighted by molar-refractivity contribution is 0.457. The highest BCUT2D eigenvalue weighted by molar-refractivity contribution is 5.65. The number of nitrogens with one attached hydrogen (secondary N) is 2. The number of aryl methyl sites for hydroxylation is 1. The van der Waals surface area contributed by atoms with E-state index in [4.69, 9.17) is 0 Å². The van der Waals surface area contributed by atoms with Gasteiger partial charge in [0.05, 0.1) is 12.4 Å². The number of phenolic OH excluding ortho intramolecular Hbond substituents is 1. The Morgan fingerprint density at radius 3 is 3.10 bits per heavy atom. The van der Waals surface area contributed by atoms with E-state index in [2.05, 4.69) is 32.8 Å². The molecule has 3 rings (SSSR count). The van der Waals surface area contributed by atoms with Crippen LogP contribution in [-0.2, 0) is 0 Å². The Morgan fingerprint density at radius 1 is 1.45 bits per heavy atom. The normalized spacial score (nSPS) is 20.7. The molecule has 1 aromatic rings. The van der Waals surface area contributed by atoms with Gasteiger partial charge >= 0.3 is 0 Å². The zero-order valence-electron chi connectivity index (χ0n) is 11.6. The van der Waals surface area contributed by atoms with Crippen molar-refractivity contribution in [2.45, 2.75) is 13.0 Å². The first-order valence-corrected chi connectivity index (χ1v) is 6.60. The predicted octanol–water partition coefficient (Wildman–Crippen LogP) is 1.78. The molecule has 0 aromatic heterocycles. The smallest absolute Gasteiger partial charge is 0.135 e. The lowest BCUT2D eigenvalue weighted by atomic mass is 10.0. The van der Waals surface area contributed by atoms with Crippen molar-refractivity contribution < 1.29 is 5.11 Å². The molecule has 1 aromatic carbocycles. The van der Waals surface area contributed by atoms with Crippen LogP contribution in [0.15, 0.2) is 46.9 Å². The number of phenols is 1. The van der Waals surface area contributed by atoms with Crippen LogP contribution in [0.1, 0.15) is 5.56 Å². The Labute approximate surface area is 118 Å². The molecule has 2 aliphatic rings. The van der Waals surface area contributed by atoms with E-state index in [0.29, 0.717) is 5.75 Å². The Morgan fingerprint density at radius 2 is 2.30 bits per heavy atom. The maximum absolute atomic E-state index is 9.58. The van der Waals surface area contributed by atoms with E-state index in [1.807, 2.05) is 26.1 Å². The van der Waals surface area contributed by atoms with E-state index in [1.54, 1.807) is 12.4 Å².